The summed E-state index contributed by atoms with van der Waals surface area (Å²) in [6.45, 7) is 2.01. The number of urea groups is 1. The Hall–Kier alpha value is -2.93. The fraction of sp³-hybridized carbons (Fsp3) is 0.364. The van der Waals surface area contributed by atoms with Crippen molar-refractivity contribution >= 4 is 23.3 Å². The number of hydrogen-bond donors (Lipinski definition) is 2. The molecule has 2 aliphatic rings. The van der Waals surface area contributed by atoms with Gasteiger partial charge in [0.05, 0.1) is 5.92 Å². The van der Waals surface area contributed by atoms with Gasteiger partial charge in [-0.05, 0) is 49.2 Å². The molecule has 0 aliphatic carbocycles. The van der Waals surface area contributed by atoms with Crippen LogP contribution in [0.3, 0.4) is 0 Å². The highest BCUT2D eigenvalue weighted by molar-refractivity contribution is 5.95. The van der Waals surface area contributed by atoms with Gasteiger partial charge in [0.25, 0.3) is 0 Å². The van der Waals surface area contributed by atoms with E-state index in [0.717, 1.165) is 18.5 Å². The van der Waals surface area contributed by atoms with Crippen molar-refractivity contribution in [3.05, 3.63) is 60.4 Å². The molecule has 2 fully saturated rings. The minimum atomic E-state index is -0.358. The molecule has 0 saturated carbocycles. The molecule has 3 amide bonds. The van der Waals surface area contributed by atoms with Crippen molar-refractivity contribution in [3.8, 4) is 0 Å². The smallest absolute Gasteiger partial charge is 0.321 e. The molecule has 2 N–H and O–H groups in total. The van der Waals surface area contributed by atoms with E-state index < -0.39 is 0 Å². The number of halogens is 1. The number of rotatable bonds is 3. The van der Waals surface area contributed by atoms with Gasteiger partial charge < -0.3 is 20.3 Å². The number of ether oxygens (including phenoxy) is 1. The van der Waals surface area contributed by atoms with Crippen LogP contribution in [0.5, 0.6) is 0 Å². The average Bonchev–Trinajstić information content (AvgIpc) is 3.10. The molecule has 2 aliphatic heterocycles. The first-order chi connectivity index (χ1) is 14.1. The maximum atomic E-state index is 13.1. The molecule has 0 radical (unpaired) electrons. The van der Waals surface area contributed by atoms with E-state index in [1.54, 1.807) is 4.90 Å². The van der Waals surface area contributed by atoms with E-state index in [9.17, 15) is 14.0 Å². The van der Waals surface area contributed by atoms with Gasteiger partial charge in [-0.3, -0.25) is 4.79 Å². The van der Waals surface area contributed by atoms with Crippen LogP contribution >= 0.6 is 0 Å². The molecule has 4 rings (SSSR count). The van der Waals surface area contributed by atoms with Gasteiger partial charge in [0, 0.05) is 43.1 Å². The Morgan fingerprint density at radius 2 is 1.62 bits per heavy atom. The number of benzene rings is 2. The standard InChI is InChI=1S/C22H24FN3O3/c23-16-6-8-18(9-7-16)25-21(28)26-14-19(22(15-26)10-12-29-13-11-22)20(27)24-17-4-2-1-3-5-17/h1-9,19H,10-15H2,(H,24,27)(H,25,28)/t19-/m1/s1. The van der Waals surface area contributed by atoms with Gasteiger partial charge in [-0.25, -0.2) is 9.18 Å². The van der Waals surface area contributed by atoms with Crippen molar-refractivity contribution in [2.24, 2.45) is 11.3 Å². The molecule has 2 saturated heterocycles. The molecule has 7 heteroatoms. The molecule has 0 bridgehead atoms. The lowest BCUT2D eigenvalue weighted by atomic mass is 9.71. The topological polar surface area (TPSA) is 70.7 Å². The summed E-state index contributed by atoms with van der Waals surface area (Å²) in [5.74, 6) is -0.747. The lowest BCUT2D eigenvalue weighted by Crippen LogP contribution is -2.42. The first-order valence-corrected chi connectivity index (χ1v) is 9.81. The molecule has 2 heterocycles. The second-order valence-electron chi connectivity index (χ2n) is 7.70. The highest BCUT2D eigenvalue weighted by Crippen LogP contribution is 2.45. The normalized spacial score (nSPS) is 20.4. The Balaban J connectivity index is 1.50. The fourth-order valence-electron chi connectivity index (χ4n) is 4.26. The van der Waals surface area contributed by atoms with Crippen LogP contribution in [0.25, 0.3) is 0 Å². The molecule has 0 unspecified atom stereocenters. The van der Waals surface area contributed by atoms with Crippen molar-refractivity contribution in [2.75, 3.05) is 36.9 Å². The van der Waals surface area contributed by atoms with E-state index in [1.165, 1.54) is 24.3 Å². The summed E-state index contributed by atoms with van der Waals surface area (Å²) in [7, 11) is 0. The SMILES string of the molecule is O=C(Nc1ccccc1)[C@H]1CN(C(=O)Nc2ccc(F)cc2)CC12CCOCC2. The fourth-order valence-corrected chi connectivity index (χ4v) is 4.26. The van der Waals surface area contributed by atoms with Gasteiger partial charge in [0.15, 0.2) is 0 Å². The number of hydrogen-bond acceptors (Lipinski definition) is 3. The van der Waals surface area contributed by atoms with Crippen LogP contribution in [0, 0.1) is 17.2 Å². The number of carbonyl (C=O) groups is 2. The summed E-state index contributed by atoms with van der Waals surface area (Å²) in [6.07, 6.45) is 1.47. The van der Waals surface area contributed by atoms with Crippen LogP contribution in [-0.2, 0) is 9.53 Å². The molecule has 1 atom stereocenters. The summed E-state index contributed by atoms with van der Waals surface area (Å²) in [5, 5.41) is 5.79. The molecule has 2 aromatic carbocycles. The van der Waals surface area contributed by atoms with Crippen molar-refractivity contribution in [2.45, 2.75) is 12.8 Å². The third-order valence-corrected chi connectivity index (χ3v) is 5.88. The first-order valence-electron chi connectivity index (χ1n) is 9.81. The van der Waals surface area contributed by atoms with Crippen LogP contribution in [0.15, 0.2) is 54.6 Å². The minimum Gasteiger partial charge on any atom is -0.381 e. The number of para-hydroxylation sites is 1. The van der Waals surface area contributed by atoms with E-state index in [1.807, 2.05) is 30.3 Å². The Morgan fingerprint density at radius 1 is 0.966 bits per heavy atom. The third-order valence-electron chi connectivity index (χ3n) is 5.88. The maximum absolute atomic E-state index is 13.1. The second kappa shape index (κ2) is 8.21. The Morgan fingerprint density at radius 3 is 2.31 bits per heavy atom. The monoisotopic (exact) mass is 397 g/mol. The van der Waals surface area contributed by atoms with E-state index in [0.29, 0.717) is 32.0 Å². The van der Waals surface area contributed by atoms with Gasteiger partial charge in [-0.1, -0.05) is 18.2 Å². The zero-order valence-electron chi connectivity index (χ0n) is 16.1. The molecule has 6 nitrogen and oxygen atoms in total. The molecular formula is C22H24FN3O3. The third kappa shape index (κ3) is 4.24. The number of nitrogens with one attached hydrogen (secondary N) is 2. The van der Waals surface area contributed by atoms with Crippen LogP contribution < -0.4 is 10.6 Å². The highest BCUT2D eigenvalue weighted by Gasteiger charge is 2.51. The predicted octanol–water partition coefficient (Wildman–Crippen LogP) is 3.72. The molecule has 0 aromatic heterocycles. The number of likely N-dealkylation sites (tertiary alicyclic amines) is 1. The first kappa shape index (κ1) is 19.4. The van der Waals surface area contributed by atoms with E-state index in [-0.39, 0.29) is 29.1 Å². The summed E-state index contributed by atoms with van der Waals surface area (Å²) in [4.78, 5) is 27.6. The number of anilines is 2. The van der Waals surface area contributed by atoms with Crippen LogP contribution in [-0.4, -0.2) is 43.1 Å². The molecular weight excluding hydrogens is 373 g/mol. The zero-order valence-corrected chi connectivity index (χ0v) is 16.1. The molecule has 1 spiro atoms. The van der Waals surface area contributed by atoms with E-state index in [4.69, 9.17) is 4.74 Å². The van der Waals surface area contributed by atoms with Gasteiger partial charge in [0.2, 0.25) is 5.91 Å². The lowest BCUT2D eigenvalue weighted by molar-refractivity contribution is -0.124. The average molecular weight is 397 g/mol. The Labute approximate surface area is 169 Å². The lowest BCUT2D eigenvalue weighted by Gasteiger charge is -2.37. The zero-order chi connectivity index (χ0) is 20.3. The Bertz CT molecular complexity index is 867. The van der Waals surface area contributed by atoms with Crippen molar-refractivity contribution in [3.63, 3.8) is 0 Å². The van der Waals surface area contributed by atoms with Crippen molar-refractivity contribution in [1.82, 2.24) is 4.90 Å². The van der Waals surface area contributed by atoms with Crippen molar-refractivity contribution < 1.29 is 18.7 Å². The van der Waals surface area contributed by atoms with E-state index in [2.05, 4.69) is 10.6 Å². The van der Waals surface area contributed by atoms with Gasteiger partial charge >= 0.3 is 6.03 Å². The van der Waals surface area contributed by atoms with Crippen LogP contribution in [0.2, 0.25) is 0 Å². The minimum absolute atomic E-state index is 0.0739. The van der Waals surface area contributed by atoms with Crippen LogP contribution in [0.1, 0.15) is 12.8 Å². The summed E-state index contributed by atoms with van der Waals surface area (Å²) in [6, 6.07) is 14.7. The van der Waals surface area contributed by atoms with Gasteiger partial charge in [-0.15, -0.1) is 0 Å². The molecule has 2 aromatic rings. The Kier molecular flexibility index (Phi) is 5.49. The summed E-state index contributed by atoms with van der Waals surface area (Å²) < 4.78 is 18.6. The van der Waals surface area contributed by atoms with E-state index >= 15 is 0 Å². The second-order valence-corrected chi connectivity index (χ2v) is 7.70. The van der Waals surface area contributed by atoms with Crippen molar-refractivity contribution in [1.29, 1.82) is 0 Å². The summed E-state index contributed by atoms with van der Waals surface area (Å²) >= 11 is 0. The maximum Gasteiger partial charge on any atom is 0.321 e. The number of carbonyl (C=O) groups excluding carboxylic acids is 2. The highest BCUT2D eigenvalue weighted by atomic mass is 19.1. The van der Waals surface area contributed by atoms with Gasteiger partial charge in [-0.2, -0.15) is 0 Å². The van der Waals surface area contributed by atoms with Crippen LogP contribution in [0.4, 0.5) is 20.6 Å². The number of nitrogens with zero attached hydrogens (tertiary/aromatic N) is 1. The molecule has 29 heavy (non-hydrogen) atoms. The quantitative estimate of drug-likeness (QED) is 0.829. The molecule has 152 valence electrons. The number of amides is 3. The predicted molar refractivity (Wildman–Crippen MR) is 108 cm³/mol. The largest absolute Gasteiger partial charge is 0.381 e. The summed E-state index contributed by atoms with van der Waals surface area (Å²) in [5.41, 5.74) is 0.973. The van der Waals surface area contributed by atoms with Gasteiger partial charge in [0.1, 0.15) is 5.82 Å².